The minimum absolute atomic E-state index is 0.0281. The smallest absolute Gasteiger partial charge is 0.274 e. The molecular formula is C18H30N4O3. The first-order valence-electron chi connectivity index (χ1n) is 9.28. The number of aliphatic hydroxyl groups is 1. The molecular weight excluding hydrogens is 320 g/mol. The zero-order valence-electron chi connectivity index (χ0n) is 15.7. The van der Waals surface area contributed by atoms with Crippen molar-refractivity contribution in [1.29, 1.82) is 0 Å². The number of hydrogen-bond acceptors (Lipinski definition) is 5. The van der Waals surface area contributed by atoms with E-state index in [1.165, 1.54) is 0 Å². The molecule has 1 fully saturated rings. The predicted molar refractivity (Wildman–Crippen MR) is 94.3 cm³/mol. The van der Waals surface area contributed by atoms with Crippen LogP contribution in [0.2, 0.25) is 0 Å². The first kappa shape index (κ1) is 18.4. The summed E-state index contributed by atoms with van der Waals surface area (Å²) in [6.07, 6.45) is 0.108. The quantitative estimate of drug-likeness (QED) is 0.881. The normalized spacial score (nSPS) is 24.8. The molecule has 1 amide bonds. The average molecular weight is 350 g/mol. The van der Waals surface area contributed by atoms with Crippen LogP contribution in [0.1, 0.15) is 50.3 Å². The van der Waals surface area contributed by atoms with E-state index in [1.807, 2.05) is 24.6 Å². The van der Waals surface area contributed by atoms with Gasteiger partial charge in [0, 0.05) is 38.8 Å². The third-order valence-electron chi connectivity index (χ3n) is 4.96. The largest absolute Gasteiger partial charge is 0.388 e. The molecule has 1 aromatic rings. The van der Waals surface area contributed by atoms with E-state index in [0.717, 1.165) is 31.7 Å². The third-order valence-corrected chi connectivity index (χ3v) is 4.96. The summed E-state index contributed by atoms with van der Waals surface area (Å²) < 4.78 is 7.66. The van der Waals surface area contributed by atoms with E-state index in [4.69, 9.17) is 4.74 Å². The maximum absolute atomic E-state index is 12.8. The first-order valence-corrected chi connectivity index (χ1v) is 9.28. The molecule has 7 heteroatoms. The number of rotatable bonds is 4. The van der Waals surface area contributed by atoms with Gasteiger partial charge in [0.15, 0.2) is 5.69 Å². The first-order chi connectivity index (χ1) is 11.8. The molecule has 0 bridgehead atoms. The number of ether oxygens (including phenoxy) is 1. The van der Waals surface area contributed by atoms with Gasteiger partial charge in [0.05, 0.1) is 17.9 Å². The van der Waals surface area contributed by atoms with Crippen LogP contribution in [0.5, 0.6) is 0 Å². The molecule has 25 heavy (non-hydrogen) atoms. The number of aromatic nitrogens is 2. The van der Waals surface area contributed by atoms with E-state index in [2.05, 4.69) is 23.8 Å². The van der Waals surface area contributed by atoms with Gasteiger partial charge in [-0.05, 0) is 40.2 Å². The van der Waals surface area contributed by atoms with Crippen LogP contribution in [0, 0.1) is 0 Å². The van der Waals surface area contributed by atoms with Gasteiger partial charge in [0.25, 0.3) is 5.91 Å². The van der Waals surface area contributed by atoms with Crippen LogP contribution in [0.25, 0.3) is 0 Å². The molecule has 1 N–H and O–H groups in total. The number of amides is 1. The number of hydrogen-bond donors (Lipinski definition) is 1. The van der Waals surface area contributed by atoms with Crippen LogP contribution in [-0.2, 0) is 17.8 Å². The lowest BCUT2D eigenvalue weighted by molar-refractivity contribution is -0.0394. The number of aliphatic hydroxyl groups excluding tert-OH is 1. The van der Waals surface area contributed by atoms with Gasteiger partial charge in [-0.25, -0.2) is 0 Å². The lowest BCUT2D eigenvalue weighted by Gasteiger charge is -2.23. The molecule has 7 nitrogen and oxygen atoms in total. The SMILES string of the molecule is CC(C)O[C@@H]1CN(C(=O)c2cc3n(n2)CCCN(C(C)C)C3)C[C@H]1O. The van der Waals surface area contributed by atoms with Gasteiger partial charge >= 0.3 is 0 Å². The van der Waals surface area contributed by atoms with Crippen LogP contribution in [0.4, 0.5) is 0 Å². The molecule has 140 valence electrons. The summed E-state index contributed by atoms with van der Waals surface area (Å²) in [5.74, 6) is -0.120. The number of carbonyl (C=O) groups excluding carboxylic acids is 1. The Morgan fingerprint density at radius 1 is 1.28 bits per heavy atom. The Hall–Kier alpha value is -1.44. The number of nitrogens with zero attached hydrogens (tertiary/aromatic N) is 4. The number of aryl methyl sites for hydroxylation is 1. The molecule has 2 aliphatic heterocycles. The highest BCUT2D eigenvalue weighted by Gasteiger charge is 2.36. The molecule has 3 rings (SSSR count). The molecule has 0 aliphatic carbocycles. The minimum atomic E-state index is -0.636. The van der Waals surface area contributed by atoms with E-state index >= 15 is 0 Å². The minimum Gasteiger partial charge on any atom is -0.388 e. The van der Waals surface area contributed by atoms with Gasteiger partial charge < -0.3 is 14.7 Å². The molecule has 1 aromatic heterocycles. The maximum atomic E-state index is 12.8. The van der Waals surface area contributed by atoms with Gasteiger partial charge in [0.2, 0.25) is 0 Å². The fourth-order valence-electron chi connectivity index (χ4n) is 3.60. The zero-order chi connectivity index (χ0) is 18.1. The zero-order valence-corrected chi connectivity index (χ0v) is 15.7. The van der Waals surface area contributed by atoms with Crippen LogP contribution in [0.15, 0.2) is 6.07 Å². The summed E-state index contributed by atoms with van der Waals surface area (Å²) in [5.41, 5.74) is 1.56. The lowest BCUT2D eigenvalue weighted by atomic mass is 10.2. The summed E-state index contributed by atoms with van der Waals surface area (Å²) >= 11 is 0. The molecule has 2 aliphatic rings. The Morgan fingerprint density at radius 3 is 2.72 bits per heavy atom. The van der Waals surface area contributed by atoms with E-state index < -0.39 is 6.10 Å². The predicted octanol–water partition coefficient (Wildman–Crippen LogP) is 1.11. The summed E-state index contributed by atoms with van der Waals surface area (Å²) in [4.78, 5) is 16.9. The molecule has 0 aromatic carbocycles. The monoisotopic (exact) mass is 350 g/mol. The number of β-amino-alcohol motifs (C(OH)–C–C–N with tert-alkyl or cyclic N) is 1. The Morgan fingerprint density at radius 2 is 2.04 bits per heavy atom. The summed E-state index contributed by atoms with van der Waals surface area (Å²) in [6, 6.07) is 2.38. The lowest BCUT2D eigenvalue weighted by Crippen LogP contribution is -2.31. The van der Waals surface area contributed by atoms with Crippen molar-refractivity contribution >= 4 is 5.91 Å². The summed E-state index contributed by atoms with van der Waals surface area (Å²) in [5, 5.41) is 14.7. The summed E-state index contributed by atoms with van der Waals surface area (Å²) in [7, 11) is 0. The topological polar surface area (TPSA) is 70.8 Å². The van der Waals surface area contributed by atoms with Gasteiger partial charge in [0.1, 0.15) is 6.10 Å². The Balaban J connectivity index is 1.71. The highest BCUT2D eigenvalue weighted by molar-refractivity contribution is 5.92. The van der Waals surface area contributed by atoms with Crippen LogP contribution < -0.4 is 0 Å². The van der Waals surface area contributed by atoms with Crippen molar-refractivity contribution < 1.29 is 14.6 Å². The van der Waals surface area contributed by atoms with Gasteiger partial charge in [-0.2, -0.15) is 5.10 Å². The average Bonchev–Trinajstić information content (AvgIpc) is 3.03. The van der Waals surface area contributed by atoms with Crippen molar-refractivity contribution in [2.45, 2.75) is 71.6 Å². The highest BCUT2D eigenvalue weighted by Crippen LogP contribution is 2.20. The van der Waals surface area contributed by atoms with Gasteiger partial charge in [-0.3, -0.25) is 14.4 Å². The number of carbonyl (C=O) groups is 1. The van der Waals surface area contributed by atoms with Crippen molar-refractivity contribution in [3.8, 4) is 0 Å². The Kier molecular flexibility index (Phi) is 5.46. The Labute approximate surface area is 149 Å². The molecule has 3 heterocycles. The van der Waals surface area contributed by atoms with E-state index in [0.29, 0.717) is 24.8 Å². The van der Waals surface area contributed by atoms with Gasteiger partial charge in [-0.15, -0.1) is 0 Å². The highest BCUT2D eigenvalue weighted by atomic mass is 16.5. The molecule has 0 radical (unpaired) electrons. The van der Waals surface area contributed by atoms with Crippen LogP contribution >= 0.6 is 0 Å². The maximum Gasteiger partial charge on any atom is 0.274 e. The molecule has 0 spiro atoms. The second kappa shape index (κ2) is 7.43. The second-order valence-corrected chi connectivity index (χ2v) is 7.66. The second-order valence-electron chi connectivity index (χ2n) is 7.66. The van der Waals surface area contributed by atoms with Crippen molar-refractivity contribution in [2.75, 3.05) is 19.6 Å². The van der Waals surface area contributed by atoms with E-state index in [1.54, 1.807) is 4.90 Å². The van der Waals surface area contributed by atoms with Crippen LogP contribution in [0.3, 0.4) is 0 Å². The third kappa shape index (κ3) is 4.04. The van der Waals surface area contributed by atoms with Crippen molar-refractivity contribution in [2.24, 2.45) is 0 Å². The number of likely N-dealkylation sites (tertiary alicyclic amines) is 1. The number of fused-ring (bicyclic) bond motifs is 1. The van der Waals surface area contributed by atoms with Crippen LogP contribution in [-0.4, -0.2) is 74.6 Å². The molecule has 0 saturated carbocycles. The van der Waals surface area contributed by atoms with Gasteiger partial charge in [-0.1, -0.05) is 0 Å². The van der Waals surface area contributed by atoms with Crippen molar-refractivity contribution in [3.63, 3.8) is 0 Å². The molecule has 1 saturated heterocycles. The van der Waals surface area contributed by atoms with Crippen molar-refractivity contribution in [3.05, 3.63) is 17.5 Å². The van der Waals surface area contributed by atoms with E-state index in [-0.39, 0.29) is 18.1 Å². The van der Waals surface area contributed by atoms with Crippen molar-refractivity contribution in [1.82, 2.24) is 19.6 Å². The standard InChI is InChI=1S/C18H30N4O3/c1-12(2)20-6-5-7-22-14(9-20)8-15(19-22)18(24)21-10-16(23)17(11-21)25-13(3)4/h8,12-13,16-17,23H,5-7,9-11H2,1-4H3/t16-,17-/m1/s1. The Bertz CT molecular complexity index is 613. The van der Waals surface area contributed by atoms with E-state index in [9.17, 15) is 9.90 Å². The fraction of sp³-hybridized carbons (Fsp3) is 0.778. The molecule has 0 unspecified atom stereocenters. The summed E-state index contributed by atoms with van der Waals surface area (Å²) in [6.45, 7) is 11.7. The fourth-order valence-corrected chi connectivity index (χ4v) is 3.60. The molecule has 2 atom stereocenters.